The highest BCUT2D eigenvalue weighted by Gasteiger charge is 2.21. The highest BCUT2D eigenvalue weighted by Crippen LogP contribution is 2.11. The van der Waals surface area contributed by atoms with Crippen molar-refractivity contribution in [2.24, 2.45) is 0 Å². The van der Waals surface area contributed by atoms with E-state index < -0.39 is 0 Å². The molecule has 1 fully saturated rings. The summed E-state index contributed by atoms with van der Waals surface area (Å²) in [7, 11) is 0. The summed E-state index contributed by atoms with van der Waals surface area (Å²) in [6, 6.07) is -0.0151. The second-order valence-electron chi connectivity index (χ2n) is 4.19. The minimum absolute atomic E-state index is 0. The van der Waals surface area contributed by atoms with Gasteiger partial charge in [0, 0.05) is 17.8 Å². The number of fused-ring (bicyclic) bond motifs is 1. The van der Waals surface area contributed by atoms with Crippen LogP contribution in [0.5, 0.6) is 0 Å². The Bertz CT molecular complexity index is 507. The number of carbonyl (C=O) groups excluding carboxylic acids is 1. The molecule has 1 amide bonds. The van der Waals surface area contributed by atoms with Gasteiger partial charge in [0.2, 0.25) is 5.91 Å². The molecule has 1 aliphatic heterocycles. The molecule has 3 rings (SSSR count). The maximum Gasteiger partial charge on any atom is 0.237 e. The molecule has 0 aliphatic carbocycles. The van der Waals surface area contributed by atoms with Gasteiger partial charge in [-0.05, 0) is 19.4 Å². The van der Waals surface area contributed by atoms with E-state index >= 15 is 0 Å². The molecule has 8 heteroatoms. The lowest BCUT2D eigenvalue weighted by atomic mass is 10.2. The normalized spacial score (nSPS) is 17.8. The Morgan fingerprint density at radius 1 is 1.58 bits per heavy atom. The van der Waals surface area contributed by atoms with E-state index in [0.29, 0.717) is 6.54 Å². The Balaban J connectivity index is 0.000000902. The van der Waals surface area contributed by atoms with Crippen LogP contribution < -0.4 is 10.6 Å². The number of nitrogens with one attached hydrogen (secondary N) is 2. The van der Waals surface area contributed by atoms with Gasteiger partial charge >= 0.3 is 0 Å². The van der Waals surface area contributed by atoms with Crippen molar-refractivity contribution in [1.29, 1.82) is 0 Å². The zero-order chi connectivity index (χ0) is 11.7. The van der Waals surface area contributed by atoms with Crippen molar-refractivity contribution in [3.8, 4) is 0 Å². The third kappa shape index (κ3) is 3.60. The average molecular weight is 323 g/mol. The zero-order valence-corrected chi connectivity index (χ0v) is 12.6. The number of aromatic nitrogens is 2. The average Bonchev–Trinajstić information content (AvgIpc) is 3.01. The summed E-state index contributed by atoms with van der Waals surface area (Å²) >= 11 is 1.59. The van der Waals surface area contributed by atoms with Gasteiger partial charge in [-0.2, -0.15) is 0 Å². The van der Waals surface area contributed by atoms with Crippen LogP contribution in [0, 0.1) is 0 Å². The SMILES string of the molecule is Cl.Cl.O=C(NCc1cn2ccsc2n1)C1CCCN1. The first-order chi connectivity index (χ1) is 8.33. The molecule has 5 nitrogen and oxygen atoms in total. The van der Waals surface area contributed by atoms with Gasteiger partial charge in [-0.25, -0.2) is 4.98 Å². The standard InChI is InChI=1S/C11H14N4OS.2ClH/c16-10(9-2-1-3-12-9)13-6-8-7-15-4-5-17-11(15)14-8;;/h4-5,7,9,12H,1-3,6H2,(H,13,16);2*1H. The molecule has 0 aromatic carbocycles. The first kappa shape index (κ1) is 16.2. The molecule has 1 atom stereocenters. The predicted octanol–water partition coefficient (Wildman–Crippen LogP) is 1.61. The van der Waals surface area contributed by atoms with E-state index in [4.69, 9.17) is 0 Å². The van der Waals surface area contributed by atoms with Crippen LogP contribution in [0.1, 0.15) is 18.5 Å². The summed E-state index contributed by atoms with van der Waals surface area (Å²) in [4.78, 5) is 17.2. The highest BCUT2D eigenvalue weighted by atomic mass is 35.5. The van der Waals surface area contributed by atoms with Crippen molar-refractivity contribution < 1.29 is 4.79 Å². The highest BCUT2D eigenvalue weighted by molar-refractivity contribution is 7.15. The number of hydrogen-bond acceptors (Lipinski definition) is 4. The van der Waals surface area contributed by atoms with E-state index in [1.165, 1.54) is 0 Å². The van der Waals surface area contributed by atoms with Crippen LogP contribution in [0.4, 0.5) is 0 Å². The monoisotopic (exact) mass is 322 g/mol. The van der Waals surface area contributed by atoms with Gasteiger partial charge in [-0.3, -0.25) is 9.20 Å². The topological polar surface area (TPSA) is 58.4 Å². The molecule has 2 aromatic rings. The summed E-state index contributed by atoms with van der Waals surface area (Å²) < 4.78 is 1.97. The van der Waals surface area contributed by atoms with Gasteiger partial charge in [0.15, 0.2) is 4.96 Å². The molecule has 0 saturated carbocycles. The minimum Gasteiger partial charge on any atom is -0.349 e. The Labute approximate surface area is 127 Å². The number of hydrogen-bond donors (Lipinski definition) is 2. The van der Waals surface area contributed by atoms with Crippen LogP contribution in [0.3, 0.4) is 0 Å². The molecule has 1 saturated heterocycles. The molecule has 3 heterocycles. The Morgan fingerprint density at radius 3 is 3.11 bits per heavy atom. The smallest absolute Gasteiger partial charge is 0.237 e. The third-order valence-corrected chi connectivity index (χ3v) is 3.73. The summed E-state index contributed by atoms with van der Waals surface area (Å²) in [6.45, 7) is 1.45. The molecule has 1 unspecified atom stereocenters. The molecule has 2 aromatic heterocycles. The lowest BCUT2D eigenvalue weighted by Crippen LogP contribution is -2.40. The summed E-state index contributed by atoms with van der Waals surface area (Å²) in [5.41, 5.74) is 0.906. The van der Waals surface area contributed by atoms with Crippen LogP contribution in [-0.4, -0.2) is 27.9 Å². The number of nitrogens with zero attached hydrogens (tertiary/aromatic N) is 2. The Kier molecular flexibility index (Phi) is 6.06. The van der Waals surface area contributed by atoms with E-state index in [1.54, 1.807) is 11.3 Å². The number of imidazole rings is 1. The molecular weight excluding hydrogens is 307 g/mol. The Morgan fingerprint density at radius 2 is 2.42 bits per heavy atom. The predicted molar refractivity (Wildman–Crippen MR) is 80.4 cm³/mol. The fourth-order valence-corrected chi connectivity index (χ4v) is 2.79. The quantitative estimate of drug-likeness (QED) is 0.902. The van der Waals surface area contributed by atoms with Crippen molar-refractivity contribution >= 4 is 47.0 Å². The molecule has 1 aliphatic rings. The lowest BCUT2D eigenvalue weighted by Gasteiger charge is -2.09. The molecule has 2 N–H and O–H groups in total. The number of halogens is 2. The maximum absolute atomic E-state index is 11.8. The van der Waals surface area contributed by atoms with Gasteiger partial charge in [0.25, 0.3) is 0 Å². The van der Waals surface area contributed by atoms with Gasteiger partial charge in [0.1, 0.15) is 0 Å². The van der Waals surface area contributed by atoms with Gasteiger partial charge in [-0.15, -0.1) is 36.2 Å². The maximum atomic E-state index is 11.8. The fourth-order valence-electron chi connectivity index (χ4n) is 2.07. The van der Waals surface area contributed by atoms with Gasteiger partial charge < -0.3 is 10.6 Å². The first-order valence-corrected chi connectivity index (χ1v) is 6.63. The molecule has 106 valence electrons. The van der Waals surface area contributed by atoms with Crippen molar-refractivity contribution in [1.82, 2.24) is 20.0 Å². The van der Waals surface area contributed by atoms with Crippen LogP contribution in [0.25, 0.3) is 4.96 Å². The van der Waals surface area contributed by atoms with E-state index in [1.807, 2.05) is 22.2 Å². The van der Waals surface area contributed by atoms with Crippen LogP contribution >= 0.6 is 36.2 Å². The first-order valence-electron chi connectivity index (χ1n) is 5.75. The Hall–Kier alpha value is -0.820. The summed E-state index contributed by atoms with van der Waals surface area (Å²) in [6.07, 6.45) is 5.94. The second-order valence-corrected chi connectivity index (χ2v) is 5.06. The zero-order valence-electron chi connectivity index (χ0n) is 10.2. The van der Waals surface area contributed by atoms with Crippen LogP contribution in [0.15, 0.2) is 17.8 Å². The van der Waals surface area contributed by atoms with Crippen molar-refractivity contribution in [3.63, 3.8) is 0 Å². The fraction of sp³-hybridized carbons (Fsp3) is 0.455. The third-order valence-electron chi connectivity index (χ3n) is 2.96. The number of thiazole rings is 1. The van der Waals surface area contributed by atoms with Gasteiger partial charge in [0.05, 0.1) is 18.3 Å². The van der Waals surface area contributed by atoms with Gasteiger partial charge in [-0.1, -0.05) is 0 Å². The molecule has 0 spiro atoms. The summed E-state index contributed by atoms with van der Waals surface area (Å²) in [5, 5.41) is 8.09. The largest absolute Gasteiger partial charge is 0.349 e. The van der Waals surface area contributed by atoms with Crippen LogP contribution in [0.2, 0.25) is 0 Å². The van der Waals surface area contributed by atoms with E-state index in [-0.39, 0.29) is 36.8 Å². The van der Waals surface area contributed by atoms with Crippen LogP contribution in [-0.2, 0) is 11.3 Å². The van der Waals surface area contributed by atoms with E-state index in [0.717, 1.165) is 30.0 Å². The van der Waals surface area contributed by atoms with E-state index in [9.17, 15) is 4.79 Å². The molecular formula is C11H16Cl2N4OS. The lowest BCUT2D eigenvalue weighted by molar-refractivity contribution is -0.122. The van der Waals surface area contributed by atoms with Crippen molar-refractivity contribution in [2.45, 2.75) is 25.4 Å². The second kappa shape index (κ2) is 7.09. The number of carbonyl (C=O) groups is 1. The molecule has 19 heavy (non-hydrogen) atoms. The molecule has 0 radical (unpaired) electrons. The number of rotatable bonds is 3. The molecule has 0 bridgehead atoms. The summed E-state index contributed by atoms with van der Waals surface area (Å²) in [5.74, 6) is 0.0823. The number of amides is 1. The minimum atomic E-state index is -0.0151. The van der Waals surface area contributed by atoms with Crippen molar-refractivity contribution in [3.05, 3.63) is 23.5 Å². The van der Waals surface area contributed by atoms with Crippen molar-refractivity contribution in [2.75, 3.05) is 6.54 Å². The van der Waals surface area contributed by atoms with E-state index in [2.05, 4.69) is 15.6 Å².